The largest absolute Gasteiger partial charge is 0.389 e. The molecular weight excluding hydrogens is 422 g/mol. The molecule has 0 aliphatic heterocycles. The van der Waals surface area contributed by atoms with Crippen molar-refractivity contribution in [2.45, 2.75) is 76.5 Å². The van der Waals surface area contributed by atoms with Gasteiger partial charge >= 0.3 is 0 Å². The zero-order valence-electron chi connectivity index (χ0n) is 18.0. The van der Waals surface area contributed by atoms with Crippen LogP contribution in [0.5, 0.6) is 0 Å². The molecule has 0 unspecified atom stereocenters. The number of pyridine rings is 1. The Morgan fingerprint density at radius 2 is 1.94 bits per heavy atom. The summed E-state index contributed by atoms with van der Waals surface area (Å²) >= 11 is 0. The third kappa shape index (κ3) is 8.72. The van der Waals surface area contributed by atoms with Crippen LogP contribution in [-0.4, -0.2) is 60.1 Å². The van der Waals surface area contributed by atoms with Gasteiger partial charge in [0.1, 0.15) is 6.10 Å². The van der Waals surface area contributed by atoms with Crippen LogP contribution in [0.2, 0.25) is 0 Å². The Labute approximate surface area is 183 Å². The number of sulfonamides is 1. The van der Waals surface area contributed by atoms with E-state index in [0.29, 0.717) is 12.8 Å². The first-order valence-corrected chi connectivity index (χ1v) is 12.7. The molecule has 1 aliphatic carbocycles. The molecule has 31 heavy (non-hydrogen) atoms. The Bertz CT molecular complexity index is 830. The summed E-state index contributed by atoms with van der Waals surface area (Å²) in [6.45, 7) is 2.21. The highest BCUT2D eigenvalue weighted by atomic mass is 32.2. The standard InChI is InChI=1S/C21H35N3O6S/c1-2-3-11-23-31(29,30)14-18(25)20(27)17(12-15-7-5-4-6-8-15)24-21(28)16-9-10-19(26)22-13-16/h9-10,13,15,17-18,20,23,25,27H,2-8,11-12,14H2,1H3,(H,22,26)(H,24,28)/t17-,18+,20-/m0/s1. The van der Waals surface area contributed by atoms with Crippen molar-refractivity contribution in [3.8, 4) is 0 Å². The van der Waals surface area contributed by atoms with E-state index in [0.717, 1.165) is 38.5 Å². The normalized spacial score (nSPS) is 18.3. The van der Waals surface area contributed by atoms with Gasteiger partial charge in [0.25, 0.3) is 5.91 Å². The van der Waals surface area contributed by atoms with Crippen molar-refractivity contribution >= 4 is 15.9 Å². The number of hydrogen-bond donors (Lipinski definition) is 5. The van der Waals surface area contributed by atoms with E-state index < -0.39 is 39.9 Å². The van der Waals surface area contributed by atoms with Gasteiger partial charge in [-0.25, -0.2) is 13.1 Å². The molecule has 1 saturated carbocycles. The third-order valence-electron chi connectivity index (χ3n) is 5.72. The second kappa shape index (κ2) is 12.3. The average molecular weight is 458 g/mol. The summed E-state index contributed by atoms with van der Waals surface area (Å²) in [4.78, 5) is 26.3. The first kappa shape index (κ1) is 25.5. The Morgan fingerprint density at radius 3 is 2.55 bits per heavy atom. The van der Waals surface area contributed by atoms with E-state index in [9.17, 15) is 28.2 Å². The van der Waals surface area contributed by atoms with Gasteiger partial charge in [-0.15, -0.1) is 0 Å². The van der Waals surface area contributed by atoms with Crippen LogP contribution in [0.3, 0.4) is 0 Å². The molecule has 0 aromatic carbocycles. The highest BCUT2D eigenvalue weighted by Gasteiger charge is 2.33. The predicted octanol–water partition coefficient (Wildman–Crippen LogP) is 0.885. The number of carbonyl (C=O) groups is 1. The molecule has 1 fully saturated rings. The molecule has 3 atom stereocenters. The predicted molar refractivity (Wildman–Crippen MR) is 118 cm³/mol. The molecule has 0 saturated heterocycles. The van der Waals surface area contributed by atoms with Gasteiger partial charge in [0.15, 0.2) is 0 Å². The average Bonchev–Trinajstić information content (AvgIpc) is 2.73. The molecule has 0 bridgehead atoms. The number of unbranched alkanes of at least 4 members (excludes halogenated alkanes) is 1. The summed E-state index contributed by atoms with van der Waals surface area (Å²) in [5, 5.41) is 24.0. The second-order valence-electron chi connectivity index (χ2n) is 8.35. The number of aromatic nitrogens is 1. The van der Waals surface area contributed by atoms with Crippen molar-refractivity contribution < 1.29 is 23.4 Å². The van der Waals surface area contributed by atoms with Crippen LogP contribution in [0.25, 0.3) is 0 Å². The molecule has 1 aromatic rings. The van der Waals surface area contributed by atoms with Crippen LogP contribution < -0.4 is 15.6 Å². The minimum atomic E-state index is -3.76. The van der Waals surface area contributed by atoms with Crippen LogP contribution >= 0.6 is 0 Å². The van der Waals surface area contributed by atoms with Crippen molar-refractivity contribution in [3.05, 3.63) is 34.2 Å². The van der Waals surface area contributed by atoms with E-state index in [2.05, 4.69) is 15.0 Å². The van der Waals surface area contributed by atoms with Gasteiger partial charge in [0, 0.05) is 18.8 Å². The molecule has 9 nitrogen and oxygen atoms in total. The van der Waals surface area contributed by atoms with E-state index in [1.807, 2.05) is 6.92 Å². The Balaban J connectivity index is 2.08. The lowest BCUT2D eigenvalue weighted by Gasteiger charge is -2.32. The number of hydrogen-bond acceptors (Lipinski definition) is 6. The molecule has 1 aliphatic rings. The maximum absolute atomic E-state index is 12.6. The fourth-order valence-electron chi connectivity index (χ4n) is 3.92. The lowest BCUT2D eigenvalue weighted by molar-refractivity contribution is 0.00200. The molecule has 1 aromatic heterocycles. The van der Waals surface area contributed by atoms with Crippen LogP contribution in [0, 0.1) is 5.92 Å². The number of aliphatic hydroxyl groups is 2. The van der Waals surface area contributed by atoms with E-state index in [4.69, 9.17) is 0 Å². The topological polar surface area (TPSA) is 149 Å². The molecule has 0 radical (unpaired) electrons. The van der Waals surface area contributed by atoms with Crippen LogP contribution in [0.4, 0.5) is 0 Å². The molecule has 5 N–H and O–H groups in total. The minimum absolute atomic E-state index is 0.212. The summed E-state index contributed by atoms with van der Waals surface area (Å²) in [5.74, 6) is -0.879. The van der Waals surface area contributed by atoms with Gasteiger partial charge in [-0.05, 0) is 24.8 Å². The summed E-state index contributed by atoms with van der Waals surface area (Å²) < 4.78 is 26.8. The molecule has 10 heteroatoms. The van der Waals surface area contributed by atoms with Crippen molar-refractivity contribution in [2.24, 2.45) is 5.92 Å². The van der Waals surface area contributed by atoms with Crippen LogP contribution in [0.15, 0.2) is 23.1 Å². The SMILES string of the molecule is CCCCNS(=O)(=O)C[C@@H](O)[C@@H](O)[C@H](CC1CCCCC1)NC(=O)c1ccc(=O)[nH]c1. The quantitative estimate of drug-likeness (QED) is 0.294. The number of carbonyl (C=O) groups excluding carboxylic acids is 1. The Kier molecular flexibility index (Phi) is 10.1. The first-order chi connectivity index (χ1) is 14.7. The number of H-pyrrole nitrogens is 1. The number of rotatable bonds is 12. The lowest BCUT2D eigenvalue weighted by atomic mass is 9.83. The molecule has 0 spiro atoms. The van der Waals surface area contributed by atoms with Crippen molar-refractivity contribution in [3.63, 3.8) is 0 Å². The zero-order valence-corrected chi connectivity index (χ0v) is 18.9. The highest BCUT2D eigenvalue weighted by molar-refractivity contribution is 7.89. The van der Waals surface area contributed by atoms with Gasteiger partial charge < -0.3 is 20.5 Å². The lowest BCUT2D eigenvalue weighted by Crippen LogP contribution is -2.52. The molecule has 176 valence electrons. The van der Waals surface area contributed by atoms with E-state index in [-0.39, 0.29) is 23.6 Å². The van der Waals surface area contributed by atoms with Gasteiger partial charge in [-0.3, -0.25) is 9.59 Å². The highest BCUT2D eigenvalue weighted by Crippen LogP contribution is 2.28. The zero-order chi connectivity index (χ0) is 22.9. The summed E-state index contributed by atoms with van der Waals surface area (Å²) in [7, 11) is -3.76. The van der Waals surface area contributed by atoms with Crippen LogP contribution in [-0.2, 0) is 10.0 Å². The maximum atomic E-state index is 12.6. The number of amides is 1. The van der Waals surface area contributed by atoms with Crippen molar-refractivity contribution in [1.29, 1.82) is 0 Å². The number of aromatic amines is 1. The monoisotopic (exact) mass is 457 g/mol. The number of nitrogens with one attached hydrogen (secondary N) is 3. The van der Waals surface area contributed by atoms with E-state index >= 15 is 0 Å². The number of aliphatic hydroxyl groups excluding tert-OH is 2. The van der Waals surface area contributed by atoms with Crippen molar-refractivity contribution in [2.75, 3.05) is 12.3 Å². The summed E-state index contributed by atoms with van der Waals surface area (Å²) in [6, 6.07) is 1.78. The Morgan fingerprint density at radius 1 is 1.23 bits per heavy atom. The van der Waals surface area contributed by atoms with Crippen LogP contribution in [0.1, 0.15) is 68.6 Å². The first-order valence-electron chi connectivity index (χ1n) is 11.0. The fourth-order valence-corrected chi connectivity index (χ4v) is 5.14. The second-order valence-corrected chi connectivity index (χ2v) is 10.2. The summed E-state index contributed by atoms with van der Waals surface area (Å²) in [6.07, 6.45) is 5.44. The van der Waals surface area contributed by atoms with Gasteiger partial charge in [0.2, 0.25) is 15.6 Å². The van der Waals surface area contributed by atoms with Gasteiger partial charge in [-0.2, -0.15) is 0 Å². The fraction of sp³-hybridized carbons (Fsp3) is 0.714. The third-order valence-corrected chi connectivity index (χ3v) is 7.15. The van der Waals surface area contributed by atoms with Crippen molar-refractivity contribution in [1.82, 2.24) is 15.0 Å². The summed E-state index contributed by atoms with van der Waals surface area (Å²) in [5.41, 5.74) is -0.129. The van der Waals surface area contributed by atoms with E-state index in [1.54, 1.807) is 0 Å². The molecule has 1 heterocycles. The molecule has 2 rings (SSSR count). The van der Waals surface area contributed by atoms with Gasteiger partial charge in [-0.1, -0.05) is 45.4 Å². The molecule has 1 amide bonds. The Hall–Kier alpha value is -1.75. The van der Waals surface area contributed by atoms with E-state index in [1.165, 1.54) is 18.3 Å². The minimum Gasteiger partial charge on any atom is -0.389 e. The maximum Gasteiger partial charge on any atom is 0.253 e. The smallest absolute Gasteiger partial charge is 0.253 e. The van der Waals surface area contributed by atoms with Gasteiger partial charge in [0.05, 0.1) is 23.5 Å². The molecular formula is C21H35N3O6S.